The maximum atomic E-state index is 5.65. The SMILES string of the molecule is CCCCCCCCCCCCCCC=CCCCc1ccccc1N=C(CCCC)C(CCCCCCCCCCCCCCCCCCC)=Nc1ccccc1CCCC=CCCCCCCCCCCCCCC.[Ni]. The number of benzene rings is 2. The molecule has 0 N–H and O–H groups in total. The van der Waals surface area contributed by atoms with Crippen LogP contribution < -0.4 is 0 Å². The zero-order valence-corrected chi connectivity index (χ0v) is 53.6. The molecule has 0 unspecified atom stereocenters. The molecular weight excluding hydrogens is 988 g/mol. The van der Waals surface area contributed by atoms with Crippen molar-refractivity contribution in [2.45, 2.75) is 368 Å². The second-order valence-electron chi connectivity index (χ2n) is 24.0. The summed E-state index contributed by atoms with van der Waals surface area (Å²) in [6, 6.07) is 18.1. The van der Waals surface area contributed by atoms with E-state index < -0.39 is 0 Å². The molecule has 0 radical (unpaired) electrons. The van der Waals surface area contributed by atoms with Gasteiger partial charge < -0.3 is 0 Å². The van der Waals surface area contributed by atoms with Gasteiger partial charge in [-0.2, -0.15) is 0 Å². The van der Waals surface area contributed by atoms with Gasteiger partial charge in [0.1, 0.15) is 0 Å². The third kappa shape index (κ3) is 45.4. The third-order valence-electron chi connectivity index (χ3n) is 16.5. The van der Waals surface area contributed by atoms with E-state index in [0.717, 1.165) is 50.6 Å². The summed E-state index contributed by atoms with van der Waals surface area (Å²) < 4.78 is 0. The van der Waals surface area contributed by atoms with Gasteiger partial charge in [0.25, 0.3) is 0 Å². The van der Waals surface area contributed by atoms with Gasteiger partial charge in [-0.15, -0.1) is 0 Å². The van der Waals surface area contributed by atoms with Crippen molar-refractivity contribution in [1.29, 1.82) is 0 Å². The van der Waals surface area contributed by atoms with E-state index in [1.807, 2.05) is 0 Å². The van der Waals surface area contributed by atoms with Crippen LogP contribution in [0, 0.1) is 0 Å². The minimum Gasteiger partial charge on any atom is -0.251 e. The van der Waals surface area contributed by atoms with Gasteiger partial charge >= 0.3 is 0 Å². The van der Waals surface area contributed by atoms with Gasteiger partial charge in [-0.3, -0.25) is 9.98 Å². The first-order chi connectivity index (χ1) is 38.2. The van der Waals surface area contributed by atoms with Crippen LogP contribution >= 0.6 is 0 Å². The minimum atomic E-state index is 0. The van der Waals surface area contributed by atoms with Gasteiger partial charge in [-0.05, 0) is 113 Å². The number of hydrogen-bond donors (Lipinski definition) is 0. The Labute approximate surface area is 498 Å². The monoisotopic (exact) mass is 1120 g/mol. The quantitative estimate of drug-likeness (QED) is 0.0273. The van der Waals surface area contributed by atoms with E-state index in [9.17, 15) is 0 Å². The van der Waals surface area contributed by atoms with Crippen molar-refractivity contribution in [3.8, 4) is 0 Å². The number of hydrogen-bond acceptors (Lipinski definition) is 2. The van der Waals surface area contributed by atoms with Crippen molar-refractivity contribution in [3.05, 3.63) is 84.0 Å². The summed E-state index contributed by atoms with van der Waals surface area (Å²) in [5.41, 5.74) is 7.59. The summed E-state index contributed by atoms with van der Waals surface area (Å²) in [5, 5.41) is 0. The van der Waals surface area contributed by atoms with Crippen molar-refractivity contribution >= 4 is 22.8 Å². The standard InChI is InChI=1S/C75H130N2.Ni/c1-5-9-13-16-19-22-25-28-31-34-37-40-43-46-49-52-55-62-70-64-58-60-67-72(70)76-74(66-12-8-4)75(69-57-54-51-48-45-42-39-36-33-30-27-24-21-18-15-11-7-3)77-73-68-61-59-65-71(73)63-56-53-50-47-44-41-38-35-32-29-26-23-20-17-14-10-6-2;/h46-47,49-50,58-61,64-65,67-68H,5-45,48,51-57,62-63,66,69H2,1-4H3;. The smallest absolute Gasteiger partial charge is 0.0665 e. The van der Waals surface area contributed by atoms with Crippen molar-refractivity contribution in [2.24, 2.45) is 9.98 Å². The van der Waals surface area contributed by atoms with Crippen LogP contribution in [0.1, 0.15) is 366 Å². The Morgan fingerprint density at radius 2 is 0.500 bits per heavy atom. The number of unbranched alkanes of at least 4 members (excludes halogenated alkanes) is 43. The fourth-order valence-electron chi connectivity index (χ4n) is 11.3. The summed E-state index contributed by atoms with van der Waals surface area (Å²) >= 11 is 0. The summed E-state index contributed by atoms with van der Waals surface area (Å²) in [6.45, 7) is 9.26. The number of rotatable bonds is 58. The average Bonchev–Trinajstić information content (AvgIpc) is 3.45. The van der Waals surface area contributed by atoms with Crippen molar-refractivity contribution in [2.75, 3.05) is 0 Å². The molecule has 0 saturated heterocycles. The van der Waals surface area contributed by atoms with E-state index >= 15 is 0 Å². The van der Waals surface area contributed by atoms with E-state index in [1.165, 1.54) is 324 Å². The van der Waals surface area contributed by atoms with Crippen LogP contribution in [0.2, 0.25) is 0 Å². The Morgan fingerprint density at radius 1 is 0.269 bits per heavy atom. The molecule has 0 heterocycles. The van der Waals surface area contributed by atoms with Gasteiger partial charge in [0.05, 0.1) is 22.8 Å². The number of nitrogens with zero attached hydrogens (tertiary/aromatic N) is 2. The molecule has 2 nitrogen and oxygen atoms in total. The normalized spacial score (nSPS) is 12.2. The van der Waals surface area contributed by atoms with Crippen molar-refractivity contribution < 1.29 is 16.5 Å². The topological polar surface area (TPSA) is 24.7 Å². The molecule has 2 rings (SSSR count). The molecule has 3 heteroatoms. The molecule has 0 amide bonds. The molecule has 2 aromatic rings. The summed E-state index contributed by atoms with van der Waals surface area (Å²) in [4.78, 5) is 11.3. The Hall–Kier alpha value is -2.25. The molecule has 0 fully saturated rings. The molecule has 0 atom stereocenters. The fraction of sp³-hybridized carbons (Fsp3) is 0.760. The second-order valence-corrected chi connectivity index (χ2v) is 24.0. The summed E-state index contributed by atoms with van der Waals surface area (Å²) in [6.07, 6.45) is 81.3. The first-order valence-corrected chi connectivity index (χ1v) is 34.8. The van der Waals surface area contributed by atoms with Crippen LogP contribution in [0.15, 0.2) is 82.8 Å². The summed E-state index contributed by atoms with van der Waals surface area (Å²) in [7, 11) is 0. The largest absolute Gasteiger partial charge is 0.251 e. The Bertz CT molecular complexity index is 1670. The van der Waals surface area contributed by atoms with E-state index in [-0.39, 0.29) is 16.5 Å². The molecule has 0 aromatic heterocycles. The molecule has 0 spiro atoms. The molecule has 2 aromatic carbocycles. The van der Waals surface area contributed by atoms with Crippen LogP contribution in [0.4, 0.5) is 11.4 Å². The number of para-hydroxylation sites is 2. The predicted octanol–water partition coefficient (Wildman–Crippen LogP) is 26.7. The van der Waals surface area contributed by atoms with Crippen molar-refractivity contribution in [1.82, 2.24) is 0 Å². The molecule has 0 saturated carbocycles. The molecule has 450 valence electrons. The molecule has 78 heavy (non-hydrogen) atoms. The van der Waals surface area contributed by atoms with Gasteiger partial charge in [-0.25, -0.2) is 0 Å². The van der Waals surface area contributed by atoms with Crippen LogP contribution in [0.25, 0.3) is 0 Å². The Kier molecular flexibility index (Phi) is 56.2. The van der Waals surface area contributed by atoms with E-state index in [4.69, 9.17) is 9.98 Å². The maximum Gasteiger partial charge on any atom is 0.0665 e. The Morgan fingerprint density at radius 3 is 0.795 bits per heavy atom. The van der Waals surface area contributed by atoms with Crippen LogP contribution in [0.5, 0.6) is 0 Å². The van der Waals surface area contributed by atoms with Crippen LogP contribution in [-0.2, 0) is 29.3 Å². The maximum absolute atomic E-state index is 5.65. The van der Waals surface area contributed by atoms with Gasteiger partial charge in [0, 0.05) is 16.5 Å². The van der Waals surface area contributed by atoms with E-state index in [1.54, 1.807) is 0 Å². The third-order valence-corrected chi connectivity index (χ3v) is 16.5. The number of aliphatic imine (C=N–C) groups is 2. The Balaban J connectivity index is 0.0000304. The van der Waals surface area contributed by atoms with Gasteiger partial charge in [-0.1, -0.05) is 339 Å². The molecular formula is C75H130N2Ni. The van der Waals surface area contributed by atoms with E-state index in [0.29, 0.717) is 0 Å². The number of allylic oxidation sites excluding steroid dienone is 4. The minimum absolute atomic E-state index is 0. The van der Waals surface area contributed by atoms with Crippen LogP contribution in [0.3, 0.4) is 0 Å². The summed E-state index contributed by atoms with van der Waals surface area (Å²) in [5.74, 6) is 0. The molecule has 0 aliphatic carbocycles. The molecule has 0 aliphatic rings. The average molecular weight is 1120 g/mol. The first kappa shape index (κ1) is 73.8. The predicted molar refractivity (Wildman–Crippen MR) is 351 cm³/mol. The number of aryl methyl sites for hydroxylation is 2. The van der Waals surface area contributed by atoms with Crippen molar-refractivity contribution in [3.63, 3.8) is 0 Å². The fourth-order valence-corrected chi connectivity index (χ4v) is 11.3. The zero-order chi connectivity index (χ0) is 54.8. The zero-order valence-electron chi connectivity index (χ0n) is 52.6. The van der Waals surface area contributed by atoms with E-state index in [2.05, 4.69) is 101 Å². The first-order valence-electron chi connectivity index (χ1n) is 34.8. The second kappa shape index (κ2) is 59.4. The van der Waals surface area contributed by atoms with Gasteiger partial charge in [0.2, 0.25) is 0 Å². The van der Waals surface area contributed by atoms with Gasteiger partial charge in [0.15, 0.2) is 0 Å². The molecule has 0 aliphatic heterocycles. The molecule has 0 bridgehead atoms. The van der Waals surface area contributed by atoms with Crippen LogP contribution in [-0.4, -0.2) is 11.4 Å².